The van der Waals surface area contributed by atoms with Crippen LogP contribution >= 0.6 is 0 Å². The van der Waals surface area contributed by atoms with E-state index in [0.717, 1.165) is 23.2 Å². The second-order valence-electron chi connectivity index (χ2n) is 6.55. The predicted octanol–water partition coefficient (Wildman–Crippen LogP) is 3.30. The average molecular weight is 340 g/mol. The van der Waals surface area contributed by atoms with E-state index in [2.05, 4.69) is 5.32 Å². The Morgan fingerprint density at radius 3 is 2.56 bits per heavy atom. The van der Waals surface area contributed by atoms with Gasteiger partial charge in [0.2, 0.25) is 5.91 Å². The van der Waals surface area contributed by atoms with Crippen molar-refractivity contribution >= 4 is 17.5 Å². The van der Waals surface area contributed by atoms with E-state index in [9.17, 15) is 14.0 Å². The van der Waals surface area contributed by atoms with Gasteiger partial charge in [0.15, 0.2) is 0 Å². The summed E-state index contributed by atoms with van der Waals surface area (Å²) in [5.74, 6) is -0.496. The van der Waals surface area contributed by atoms with Gasteiger partial charge in [-0.1, -0.05) is 26.0 Å². The fourth-order valence-corrected chi connectivity index (χ4v) is 2.99. The second kappa shape index (κ2) is 7.05. The van der Waals surface area contributed by atoms with Crippen LogP contribution in [0.1, 0.15) is 35.3 Å². The summed E-state index contributed by atoms with van der Waals surface area (Å²) in [6.45, 7) is 4.90. The van der Waals surface area contributed by atoms with Crippen LogP contribution < -0.4 is 10.2 Å². The van der Waals surface area contributed by atoms with E-state index in [1.54, 1.807) is 0 Å². The molecule has 0 fully saturated rings. The molecule has 130 valence electrons. The Bertz CT molecular complexity index is 800. The van der Waals surface area contributed by atoms with Gasteiger partial charge < -0.3 is 10.2 Å². The van der Waals surface area contributed by atoms with Gasteiger partial charge in [-0.05, 0) is 47.9 Å². The summed E-state index contributed by atoms with van der Waals surface area (Å²) >= 11 is 0. The Balaban J connectivity index is 1.66. The molecule has 0 unspecified atom stereocenters. The van der Waals surface area contributed by atoms with Crippen LogP contribution in [-0.4, -0.2) is 18.4 Å². The first-order valence-corrected chi connectivity index (χ1v) is 8.42. The quantitative estimate of drug-likeness (QED) is 0.928. The maximum atomic E-state index is 12.9. The summed E-state index contributed by atoms with van der Waals surface area (Å²) in [6, 6.07) is 11.4. The Labute approximate surface area is 146 Å². The molecule has 1 heterocycles. The van der Waals surface area contributed by atoms with Crippen molar-refractivity contribution in [2.75, 3.05) is 11.4 Å². The van der Waals surface area contributed by atoms with Crippen molar-refractivity contribution in [2.45, 2.75) is 26.8 Å². The lowest BCUT2D eigenvalue weighted by molar-refractivity contribution is -0.121. The van der Waals surface area contributed by atoms with E-state index in [4.69, 9.17) is 0 Å². The standard InChI is InChI=1S/C20H21FN2O2/c1-13(2)20(25)23-10-9-16-11-14(3-8-18(16)23)12-22-19(24)15-4-6-17(21)7-5-15/h3-8,11,13H,9-10,12H2,1-2H3,(H,22,24). The van der Waals surface area contributed by atoms with E-state index < -0.39 is 0 Å². The molecular weight excluding hydrogens is 319 g/mol. The van der Waals surface area contributed by atoms with Gasteiger partial charge in [-0.25, -0.2) is 4.39 Å². The minimum Gasteiger partial charge on any atom is -0.348 e. The van der Waals surface area contributed by atoms with Crippen molar-refractivity contribution in [2.24, 2.45) is 5.92 Å². The first kappa shape index (κ1) is 17.1. The van der Waals surface area contributed by atoms with Crippen LogP contribution in [0.25, 0.3) is 0 Å². The van der Waals surface area contributed by atoms with Crippen LogP contribution in [-0.2, 0) is 17.8 Å². The molecule has 0 atom stereocenters. The molecule has 0 bridgehead atoms. The van der Waals surface area contributed by atoms with Crippen LogP contribution in [0.15, 0.2) is 42.5 Å². The summed E-state index contributed by atoms with van der Waals surface area (Å²) < 4.78 is 12.9. The summed E-state index contributed by atoms with van der Waals surface area (Å²) in [6.07, 6.45) is 0.827. The number of carbonyl (C=O) groups excluding carboxylic acids is 2. The van der Waals surface area contributed by atoms with Crippen LogP contribution in [0.3, 0.4) is 0 Å². The molecule has 2 aromatic carbocycles. The summed E-state index contributed by atoms with van der Waals surface area (Å²) in [4.78, 5) is 26.2. The van der Waals surface area contributed by atoms with Crippen molar-refractivity contribution in [1.29, 1.82) is 0 Å². The van der Waals surface area contributed by atoms with Crippen LogP contribution in [0.5, 0.6) is 0 Å². The Hall–Kier alpha value is -2.69. The van der Waals surface area contributed by atoms with E-state index >= 15 is 0 Å². The molecule has 1 N–H and O–H groups in total. The number of anilines is 1. The van der Waals surface area contributed by atoms with Crippen LogP contribution in [0.2, 0.25) is 0 Å². The van der Waals surface area contributed by atoms with Gasteiger partial charge in [-0.3, -0.25) is 9.59 Å². The molecule has 0 aromatic heterocycles. The van der Waals surface area contributed by atoms with Crippen molar-refractivity contribution in [1.82, 2.24) is 5.32 Å². The Kier molecular flexibility index (Phi) is 4.83. The molecule has 2 amide bonds. The second-order valence-corrected chi connectivity index (χ2v) is 6.55. The first-order chi connectivity index (χ1) is 12.0. The Morgan fingerprint density at radius 2 is 1.88 bits per heavy atom. The molecule has 1 aliphatic rings. The van der Waals surface area contributed by atoms with Gasteiger partial charge in [0, 0.05) is 30.3 Å². The van der Waals surface area contributed by atoms with E-state index in [1.165, 1.54) is 24.3 Å². The number of nitrogens with zero attached hydrogens (tertiary/aromatic N) is 1. The van der Waals surface area contributed by atoms with Gasteiger partial charge in [-0.2, -0.15) is 0 Å². The summed E-state index contributed by atoms with van der Waals surface area (Å²) in [5.41, 5.74) is 3.50. The molecule has 4 nitrogen and oxygen atoms in total. The zero-order valence-electron chi connectivity index (χ0n) is 14.4. The molecule has 0 saturated carbocycles. The number of fused-ring (bicyclic) bond motifs is 1. The van der Waals surface area contributed by atoms with Gasteiger partial charge in [0.25, 0.3) is 5.91 Å². The topological polar surface area (TPSA) is 49.4 Å². The normalized spacial score (nSPS) is 13.0. The van der Waals surface area contributed by atoms with Crippen molar-refractivity contribution in [3.63, 3.8) is 0 Å². The molecule has 0 radical (unpaired) electrons. The highest BCUT2D eigenvalue weighted by Crippen LogP contribution is 2.30. The molecule has 0 spiro atoms. The van der Waals surface area contributed by atoms with Crippen molar-refractivity contribution < 1.29 is 14.0 Å². The van der Waals surface area contributed by atoms with Gasteiger partial charge >= 0.3 is 0 Å². The lowest BCUT2D eigenvalue weighted by atomic mass is 10.1. The maximum Gasteiger partial charge on any atom is 0.251 e. The molecule has 1 aliphatic heterocycles. The van der Waals surface area contributed by atoms with Gasteiger partial charge in [0.05, 0.1) is 0 Å². The smallest absolute Gasteiger partial charge is 0.251 e. The highest BCUT2D eigenvalue weighted by molar-refractivity contribution is 5.96. The van der Waals surface area contributed by atoms with Crippen molar-refractivity contribution in [3.8, 4) is 0 Å². The lowest BCUT2D eigenvalue weighted by Gasteiger charge is -2.19. The average Bonchev–Trinajstić information content (AvgIpc) is 3.02. The van der Waals surface area contributed by atoms with Crippen molar-refractivity contribution in [3.05, 3.63) is 65.0 Å². The number of amides is 2. The minimum atomic E-state index is -0.365. The highest BCUT2D eigenvalue weighted by atomic mass is 19.1. The van der Waals surface area contributed by atoms with E-state index in [0.29, 0.717) is 18.7 Å². The lowest BCUT2D eigenvalue weighted by Crippen LogP contribution is -2.32. The first-order valence-electron chi connectivity index (χ1n) is 8.42. The zero-order chi connectivity index (χ0) is 18.0. The summed E-state index contributed by atoms with van der Waals surface area (Å²) in [7, 11) is 0. The number of hydrogen-bond donors (Lipinski definition) is 1. The SMILES string of the molecule is CC(C)C(=O)N1CCc2cc(CNC(=O)c3ccc(F)cc3)ccc21. The molecule has 0 saturated heterocycles. The fourth-order valence-electron chi connectivity index (χ4n) is 2.99. The van der Waals surface area contributed by atoms with Gasteiger partial charge in [0.1, 0.15) is 5.82 Å². The molecule has 5 heteroatoms. The predicted molar refractivity (Wildman–Crippen MR) is 94.9 cm³/mol. The number of carbonyl (C=O) groups is 2. The third kappa shape index (κ3) is 3.71. The maximum absolute atomic E-state index is 12.9. The number of halogens is 1. The number of benzene rings is 2. The largest absolute Gasteiger partial charge is 0.348 e. The number of nitrogens with one attached hydrogen (secondary N) is 1. The molecule has 2 aromatic rings. The number of hydrogen-bond acceptors (Lipinski definition) is 2. The molecule has 3 rings (SSSR count). The molecule has 25 heavy (non-hydrogen) atoms. The van der Waals surface area contributed by atoms with E-state index in [-0.39, 0.29) is 23.5 Å². The highest BCUT2D eigenvalue weighted by Gasteiger charge is 2.26. The third-order valence-corrected chi connectivity index (χ3v) is 4.36. The van der Waals surface area contributed by atoms with Crippen LogP contribution in [0, 0.1) is 11.7 Å². The van der Waals surface area contributed by atoms with Gasteiger partial charge in [-0.15, -0.1) is 0 Å². The minimum absolute atomic E-state index is 0.0272. The third-order valence-electron chi connectivity index (χ3n) is 4.36. The van der Waals surface area contributed by atoms with Crippen LogP contribution in [0.4, 0.5) is 10.1 Å². The number of rotatable bonds is 4. The van der Waals surface area contributed by atoms with E-state index in [1.807, 2.05) is 36.9 Å². The Morgan fingerprint density at radius 1 is 1.16 bits per heavy atom. The monoisotopic (exact) mass is 340 g/mol. The zero-order valence-corrected chi connectivity index (χ0v) is 14.4. The fraction of sp³-hybridized carbons (Fsp3) is 0.300. The molecular formula is C20H21FN2O2. The molecule has 0 aliphatic carbocycles. The summed E-state index contributed by atoms with van der Waals surface area (Å²) in [5, 5.41) is 2.84.